The van der Waals surface area contributed by atoms with Crippen molar-refractivity contribution in [2.24, 2.45) is 10.8 Å². The van der Waals surface area contributed by atoms with Crippen molar-refractivity contribution in [3.8, 4) is 11.7 Å². The van der Waals surface area contributed by atoms with Crippen molar-refractivity contribution in [1.82, 2.24) is 0 Å². The van der Waals surface area contributed by atoms with Crippen LogP contribution in [0.4, 0.5) is 4.39 Å². The summed E-state index contributed by atoms with van der Waals surface area (Å²) in [4.78, 5) is 39.1. The first-order valence-corrected chi connectivity index (χ1v) is 12.8. The van der Waals surface area contributed by atoms with Crippen LogP contribution in [-0.2, 0) is 31.7 Å². The fraction of sp³-hybridized carbons (Fsp3) is 0.800. The number of ether oxygens (including phenoxy) is 2. The molecule has 0 amide bonds. The third-order valence-electron chi connectivity index (χ3n) is 3.08. The highest BCUT2D eigenvalue weighted by molar-refractivity contribution is 7.73. The lowest BCUT2D eigenvalue weighted by atomic mass is 9.70. The molecule has 1 fully saturated rings. The molecule has 6 N–H and O–H groups in total. The number of hydrogen-bond donors (Lipinski definition) is 5. The third kappa shape index (κ3) is 10.1. The van der Waals surface area contributed by atoms with Crippen molar-refractivity contribution in [3.05, 3.63) is 10.4 Å². The second-order valence-corrected chi connectivity index (χ2v) is 10.6. The van der Waals surface area contributed by atoms with Gasteiger partial charge in [0, 0.05) is 4.91 Å². The summed E-state index contributed by atoms with van der Waals surface area (Å²) < 4.78 is 60.4. The lowest BCUT2D eigenvalue weighted by Crippen LogP contribution is -2.35. The molecule has 1 saturated heterocycles. The van der Waals surface area contributed by atoms with Gasteiger partial charge in [-0.2, -0.15) is 10.7 Å². The van der Waals surface area contributed by atoms with Crippen LogP contribution in [-0.4, -0.2) is 77.8 Å². The van der Waals surface area contributed by atoms with E-state index in [-0.39, 0.29) is 6.54 Å². The molecule has 30 heavy (non-hydrogen) atoms. The molecule has 169 valence electrons. The van der Waals surface area contributed by atoms with E-state index in [1.54, 1.807) is 0 Å². The highest BCUT2D eigenvalue weighted by atomic mass is 31.3. The van der Waals surface area contributed by atoms with Gasteiger partial charge in [0.05, 0.1) is 19.2 Å². The van der Waals surface area contributed by atoms with Gasteiger partial charge in [0.1, 0.15) is 31.8 Å². The van der Waals surface area contributed by atoms with E-state index in [0.29, 0.717) is 6.66 Å². The number of alkyl halides is 1. The summed E-state index contributed by atoms with van der Waals surface area (Å²) in [6, 6.07) is -1.23. The van der Waals surface area contributed by atoms with Crippen molar-refractivity contribution < 1.29 is 55.7 Å². The summed E-state index contributed by atoms with van der Waals surface area (Å²) >= 11 is 0. The van der Waals surface area contributed by atoms with E-state index in [1.807, 2.05) is 0 Å². The van der Waals surface area contributed by atoms with Gasteiger partial charge in [0.2, 0.25) is 0 Å². The number of phosphoric ester groups is 1. The van der Waals surface area contributed by atoms with Gasteiger partial charge in [-0.15, -0.1) is 5.92 Å². The van der Waals surface area contributed by atoms with Crippen molar-refractivity contribution >= 4 is 30.9 Å². The van der Waals surface area contributed by atoms with Crippen LogP contribution in [0.5, 0.6) is 0 Å². The Kier molecular flexibility index (Phi) is 10.8. The molecule has 0 spiro atoms. The molecular formula is C10H19BFN4O11P3+. The van der Waals surface area contributed by atoms with E-state index in [9.17, 15) is 23.3 Å². The zero-order chi connectivity index (χ0) is 23.0. The summed E-state index contributed by atoms with van der Waals surface area (Å²) in [7, 11) is -13.7. The van der Waals surface area contributed by atoms with Gasteiger partial charge in [-0.05, 0) is 5.53 Å². The summed E-state index contributed by atoms with van der Waals surface area (Å²) in [5.74, 6) is 4.91. The number of nitrogens with two attached hydrogens (primary N) is 1. The van der Waals surface area contributed by atoms with E-state index >= 15 is 0 Å². The van der Waals surface area contributed by atoms with E-state index in [4.69, 9.17) is 30.5 Å². The van der Waals surface area contributed by atoms with Gasteiger partial charge in [-0.25, -0.2) is 13.5 Å². The van der Waals surface area contributed by atoms with Gasteiger partial charge in [-0.3, -0.25) is 4.52 Å². The Morgan fingerprint density at radius 3 is 2.63 bits per heavy atom. The van der Waals surface area contributed by atoms with Crippen LogP contribution in [0.25, 0.3) is 10.4 Å². The van der Waals surface area contributed by atoms with Crippen LogP contribution in [0.3, 0.4) is 0 Å². The predicted octanol–water partition coefficient (Wildman–Crippen LogP) is -0.0462. The zero-order valence-corrected chi connectivity index (χ0v) is 18.0. The minimum Gasteiger partial charge on any atom is -0.374 e. The maximum atomic E-state index is 14.6. The van der Waals surface area contributed by atoms with Gasteiger partial charge in [-0.1, -0.05) is 13.7 Å². The number of halogens is 1. The molecule has 15 nitrogen and oxygen atoms in total. The molecule has 0 bridgehead atoms. The average molecular weight is 494 g/mol. The van der Waals surface area contributed by atoms with Gasteiger partial charge in [0.25, 0.3) is 7.28 Å². The number of azide groups is 1. The maximum absolute atomic E-state index is 14.6. The van der Waals surface area contributed by atoms with E-state index in [1.165, 1.54) is 0 Å². The fourth-order valence-electron chi connectivity index (χ4n) is 2.15. The third-order valence-corrected chi connectivity index (χ3v) is 7.66. The molecule has 1 rings (SSSR count). The maximum Gasteiger partial charge on any atom is 0.511 e. The Balaban J connectivity index is 2.81. The molecule has 0 aliphatic carbocycles. The molecule has 6 atom stereocenters. The minimum atomic E-state index is -5.24. The SMILES string of the molecule is C[P+](O)(OP(=O)(O)O)OP(=O)(O)OC[C@H]1O[C@@H]([B]C#CCN)[C@@H](F)C1OCN=[N+]=[N-]. The van der Waals surface area contributed by atoms with Crippen molar-refractivity contribution in [3.63, 3.8) is 0 Å². The second-order valence-electron chi connectivity index (χ2n) is 5.49. The van der Waals surface area contributed by atoms with Crippen LogP contribution < -0.4 is 5.73 Å². The highest BCUT2D eigenvalue weighted by Gasteiger charge is 2.52. The standard InChI is InChI=1S/C10H18BFN4O11P3/c1-28(17,26-29(18,19)20)27-30(21,22)24-5-7-9(23-6-15-16-14)8(12)10(25-7)11-3-2-4-13/h7-10,17H,4-6,13H2,1H3,(H2-,18,19,20,21,22)/p+1/t7-,8+,9?,10-,28?/m1/s1. The van der Waals surface area contributed by atoms with Crippen LogP contribution >= 0.6 is 23.6 Å². The Hall–Kier alpha value is -0.645. The molecule has 0 aromatic heterocycles. The first kappa shape index (κ1) is 27.4. The topological polar surface area (TPSA) is 236 Å². The average Bonchev–Trinajstić information content (AvgIpc) is 2.86. The molecule has 0 aromatic rings. The number of rotatable bonds is 11. The normalized spacial score (nSPS) is 27.8. The molecule has 20 heteroatoms. The van der Waals surface area contributed by atoms with E-state index in [2.05, 4.69) is 34.9 Å². The quantitative estimate of drug-likeness (QED) is 0.0635. The Morgan fingerprint density at radius 1 is 1.40 bits per heavy atom. The number of hydrogen-bond acceptors (Lipinski definition) is 10. The predicted molar refractivity (Wildman–Crippen MR) is 100 cm³/mol. The summed E-state index contributed by atoms with van der Waals surface area (Å²) in [6.45, 7) is -0.755. The number of nitrogens with zero attached hydrogens (tertiary/aromatic N) is 3. The molecular weight excluding hydrogens is 475 g/mol. The van der Waals surface area contributed by atoms with Gasteiger partial charge >= 0.3 is 23.6 Å². The summed E-state index contributed by atoms with van der Waals surface area (Å²) in [6.07, 6.45) is -4.55. The Labute approximate surface area is 171 Å². The van der Waals surface area contributed by atoms with Crippen molar-refractivity contribution in [2.45, 2.75) is 24.4 Å². The lowest BCUT2D eigenvalue weighted by molar-refractivity contribution is -0.0415. The van der Waals surface area contributed by atoms with Crippen molar-refractivity contribution in [2.75, 3.05) is 26.5 Å². The zero-order valence-electron chi connectivity index (χ0n) is 15.3. The second kappa shape index (κ2) is 11.8. The van der Waals surface area contributed by atoms with Crippen LogP contribution in [0.2, 0.25) is 0 Å². The van der Waals surface area contributed by atoms with Crippen LogP contribution in [0.15, 0.2) is 5.11 Å². The summed E-state index contributed by atoms with van der Waals surface area (Å²) in [5.41, 5.74) is 13.5. The molecule has 1 radical (unpaired) electrons. The monoisotopic (exact) mass is 494 g/mol. The van der Waals surface area contributed by atoms with E-state index in [0.717, 1.165) is 7.28 Å². The first-order valence-electron chi connectivity index (χ1n) is 7.79. The smallest absolute Gasteiger partial charge is 0.374 e. The van der Waals surface area contributed by atoms with E-state index < -0.39 is 61.3 Å². The molecule has 3 unspecified atom stereocenters. The molecule has 1 aliphatic rings. The Bertz CT molecular complexity index is 785. The van der Waals surface area contributed by atoms with Gasteiger partial charge < -0.3 is 29.9 Å². The van der Waals surface area contributed by atoms with Crippen molar-refractivity contribution in [1.29, 1.82) is 0 Å². The highest BCUT2D eigenvalue weighted by Crippen LogP contribution is 2.71. The minimum absolute atomic E-state index is 0.00821. The van der Waals surface area contributed by atoms with Crippen LogP contribution in [0, 0.1) is 11.7 Å². The molecule has 1 aliphatic heterocycles. The van der Waals surface area contributed by atoms with Crippen LogP contribution in [0.1, 0.15) is 0 Å². The molecule has 0 saturated carbocycles. The van der Waals surface area contributed by atoms with Gasteiger partial charge in [0.15, 0.2) is 0 Å². The number of phosphoric acid groups is 2. The molecule has 1 heterocycles. The first-order chi connectivity index (χ1) is 13.8. The summed E-state index contributed by atoms with van der Waals surface area (Å²) in [5, 5.41) is 3.09. The largest absolute Gasteiger partial charge is 0.511 e. The molecule has 0 aromatic carbocycles. The lowest BCUT2D eigenvalue weighted by Gasteiger charge is -2.20. The Morgan fingerprint density at radius 2 is 2.07 bits per heavy atom. The fourth-order valence-corrected chi connectivity index (χ4v) is 6.17.